The number of anilines is 1. The molecule has 1 fully saturated rings. The zero-order valence-electron chi connectivity index (χ0n) is 17.0. The standard InChI is InChI=1S/C22H28N2O3S/c1-5-18-9-6-7-10-19(18)23-22(25)20-11-8-12-24(20)28(26,27)21-16(3)13-15(2)14-17(21)4/h6-7,9-10,13-14,20H,5,8,11-12H2,1-4H3,(H,23,25). The van der Waals surface area contributed by atoms with Gasteiger partial charge in [0.15, 0.2) is 0 Å². The monoisotopic (exact) mass is 400 g/mol. The van der Waals surface area contributed by atoms with Crippen molar-refractivity contribution in [1.29, 1.82) is 0 Å². The van der Waals surface area contributed by atoms with Gasteiger partial charge in [-0.15, -0.1) is 0 Å². The lowest BCUT2D eigenvalue weighted by atomic mass is 10.1. The van der Waals surface area contributed by atoms with E-state index >= 15 is 0 Å². The number of aryl methyl sites for hydroxylation is 4. The molecule has 0 radical (unpaired) electrons. The van der Waals surface area contributed by atoms with Crippen molar-refractivity contribution in [2.45, 2.75) is 57.9 Å². The van der Waals surface area contributed by atoms with Crippen LogP contribution in [0.4, 0.5) is 5.69 Å². The Hall–Kier alpha value is -2.18. The summed E-state index contributed by atoms with van der Waals surface area (Å²) < 4.78 is 28.2. The van der Waals surface area contributed by atoms with Crippen LogP contribution in [0.15, 0.2) is 41.3 Å². The molecule has 5 nitrogen and oxygen atoms in total. The molecule has 150 valence electrons. The average molecular weight is 401 g/mol. The SMILES string of the molecule is CCc1ccccc1NC(=O)C1CCCN1S(=O)(=O)c1c(C)cc(C)cc1C. The third kappa shape index (κ3) is 3.84. The van der Waals surface area contributed by atoms with E-state index in [9.17, 15) is 13.2 Å². The molecule has 1 amide bonds. The van der Waals surface area contributed by atoms with Gasteiger partial charge in [0.05, 0.1) is 4.90 Å². The minimum Gasteiger partial charge on any atom is -0.324 e. The number of carbonyl (C=O) groups is 1. The Kier molecular flexibility index (Phi) is 5.91. The highest BCUT2D eigenvalue weighted by Crippen LogP contribution is 2.31. The van der Waals surface area contributed by atoms with Crippen LogP contribution in [0, 0.1) is 20.8 Å². The molecule has 1 aliphatic heterocycles. The Balaban J connectivity index is 1.91. The zero-order valence-corrected chi connectivity index (χ0v) is 17.8. The van der Waals surface area contributed by atoms with Crippen LogP contribution in [0.2, 0.25) is 0 Å². The van der Waals surface area contributed by atoms with Gasteiger partial charge in [-0.25, -0.2) is 8.42 Å². The minimum atomic E-state index is -3.75. The first-order valence-electron chi connectivity index (χ1n) is 9.74. The molecule has 0 spiro atoms. The molecule has 1 unspecified atom stereocenters. The molecule has 3 rings (SSSR count). The minimum absolute atomic E-state index is 0.260. The van der Waals surface area contributed by atoms with E-state index in [0.29, 0.717) is 24.3 Å². The summed E-state index contributed by atoms with van der Waals surface area (Å²) in [5.74, 6) is -0.260. The molecule has 1 atom stereocenters. The van der Waals surface area contributed by atoms with Crippen molar-refractivity contribution in [3.8, 4) is 0 Å². The van der Waals surface area contributed by atoms with E-state index in [2.05, 4.69) is 5.32 Å². The lowest BCUT2D eigenvalue weighted by Gasteiger charge is -2.25. The van der Waals surface area contributed by atoms with Crippen molar-refractivity contribution in [2.24, 2.45) is 0 Å². The summed E-state index contributed by atoms with van der Waals surface area (Å²) in [6.07, 6.45) is 2.00. The van der Waals surface area contributed by atoms with Gasteiger partial charge in [-0.1, -0.05) is 42.8 Å². The van der Waals surface area contributed by atoms with Crippen molar-refractivity contribution < 1.29 is 13.2 Å². The Labute approximate surface area is 167 Å². The Morgan fingerprint density at radius 3 is 2.43 bits per heavy atom. The molecule has 2 aromatic carbocycles. The molecule has 0 bridgehead atoms. The molecule has 1 aliphatic rings. The van der Waals surface area contributed by atoms with E-state index < -0.39 is 16.1 Å². The molecule has 6 heteroatoms. The number of nitrogens with zero attached hydrogens (tertiary/aromatic N) is 1. The fraction of sp³-hybridized carbons (Fsp3) is 0.409. The predicted octanol–water partition coefficient (Wildman–Crippen LogP) is 3.97. The van der Waals surface area contributed by atoms with Crippen LogP contribution in [0.5, 0.6) is 0 Å². The van der Waals surface area contributed by atoms with Gasteiger partial charge in [-0.3, -0.25) is 4.79 Å². The van der Waals surface area contributed by atoms with Gasteiger partial charge in [-0.05, 0) is 62.8 Å². The number of amides is 1. The lowest BCUT2D eigenvalue weighted by Crippen LogP contribution is -2.43. The first kappa shape index (κ1) is 20.6. The molecule has 2 aromatic rings. The van der Waals surface area contributed by atoms with E-state index in [-0.39, 0.29) is 5.91 Å². The number of nitrogens with one attached hydrogen (secondary N) is 1. The van der Waals surface area contributed by atoms with E-state index in [1.54, 1.807) is 0 Å². The van der Waals surface area contributed by atoms with Crippen molar-refractivity contribution in [3.63, 3.8) is 0 Å². The number of hydrogen-bond donors (Lipinski definition) is 1. The molecule has 1 N–H and O–H groups in total. The second kappa shape index (κ2) is 8.05. The van der Waals surface area contributed by atoms with Gasteiger partial charge in [0.2, 0.25) is 15.9 Å². The Morgan fingerprint density at radius 2 is 1.79 bits per heavy atom. The summed E-state index contributed by atoms with van der Waals surface area (Å²) in [7, 11) is -3.75. The normalized spacial score (nSPS) is 17.6. The number of carbonyl (C=O) groups excluding carboxylic acids is 1. The molecule has 0 aliphatic carbocycles. The summed E-state index contributed by atoms with van der Waals surface area (Å²) in [6.45, 7) is 7.97. The largest absolute Gasteiger partial charge is 0.324 e. The highest BCUT2D eigenvalue weighted by Gasteiger charge is 2.40. The Bertz CT molecular complexity index is 976. The van der Waals surface area contributed by atoms with E-state index in [1.165, 1.54) is 4.31 Å². The van der Waals surface area contributed by atoms with Crippen LogP contribution < -0.4 is 5.32 Å². The highest BCUT2D eigenvalue weighted by molar-refractivity contribution is 7.89. The number of sulfonamides is 1. The third-order valence-electron chi connectivity index (χ3n) is 5.33. The van der Waals surface area contributed by atoms with Crippen LogP contribution in [0.1, 0.15) is 42.0 Å². The maximum Gasteiger partial charge on any atom is 0.244 e. The number of para-hydroxylation sites is 1. The van der Waals surface area contributed by atoms with Crippen molar-refractivity contribution in [1.82, 2.24) is 4.31 Å². The van der Waals surface area contributed by atoms with Crippen molar-refractivity contribution in [2.75, 3.05) is 11.9 Å². The predicted molar refractivity (Wildman–Crippen MR) is 112 cm³/mol. The summed E-state index contributed by atoms with van der Waals surface area (Å²) in [5, 5.41) is 2.95. The average Bonchev–Trinajstić information content (AvgIpc) is 3.12. The second-order valence-corrected chi connectivity index (χ2v) is 9.33. The zero-order chi connectivity index (χ0) is 20.5. The topological polar surface area (TPSA) is 66.5 Å². The fourth-order valence-electron chi connectivity index (χ4n) is 4.15. The first-order valence-corrected chi connectivity index (χ1v) is 11.2. The van der Waals surface area contributed by atoms with Crippen molar-refractivity contribution >= 4 is 21.6 Å². The maximum absolute atomic E-state index is 13.4. The summed E-state index contributed by atoms with van der Waals surface area (Å²) in [5.41, 5.74) is 4.26. The number of rotatable bonds is 5. The van der Waals surface area contributed by atoms with E-state index in [4.69, 9.17) is 0 Å². The van der Waals surface area contributed by atoms with Gasteiger partial charge in [-0.2, -0.15) is 4.31 Å². The van der Waals surface area contributed by atoms with Gasteiger partial charge in [0.1, 0.15) is 6.04 Å². The van der Waals surface area contributed by atoms with Gasteiger partial charge >= 0.3 is 0 Å². The van der Waals surface area contributed by atoms with Crippen molar-refractivity contribution in [3.05, 3.63) is 58.7 Å². The first-order chi connectivity index (χ1) is 13.3. The fourth-order valence-corrected chi connectivity index (χ4v) is 6.22. The molecular weight excluding hydrogens is 372 g/mol. The molecule has 0 saturated carbocycles. The lowest BCUT2D eigenvalue weighted by molar-refractivity contribution is -0.119. The smallest absolute Gasteiger partial charge is 0.244 e. The molecular formula is C22H28N2O3S. The number of hydrogen-bond acceptors (Lipinski definition) is 3. The van der Waals surface area contributed by atoms with E-state index in [1.807, 2.05) is 64.1 Å². The van der Waals surface area contributed by atoms with Crippen LogP contribution in [0.25, 0.3) is 0 Å². The van der Waals surface area contributed by atoms with E-state index in [0.717, 1.165) is 34.4 Å². The molecule has 28 heavy (non-hydrogen) atoms. The number of benzene rings is 2. The molecule has 0 aromatic heterocycles. The van der Waals surface area contributed by atoms with Gasteiger partial charge in [0, 0.05) is 12.2 Å². The summed E-state index contributed by atoms with van der Waals surface area (Å²) in [4.78, 5) is 13.3. The van der Waals surface area contributed by atoms with Crippen LogP contribution in [0.3, 0.4) is 0 Å². The van der Waals surface area contributed by atoms with Crippen LogP contribution >= 0.6 is 0 Å². The van der Waals surface area contributed by atoms with Gasteiger partial charge < -0.3 is 5.32 Å². The summed E-state index contributed by atoms with van der Waals surface area (Å²) >= 11 is 0. The molecule has 1 saturated heterocycles. The third-order valence-corrected chi connectivity index (χ3v) is 7.55. The van der Waals surface area contributed by atoms with Gasteiger partial charge in [0.25, 0.3) is 0 Å². The summed E-state index contributed by atoms with van der Waals surface area (Å²) in [6, 6.07) is 10.7. The molecule has 1 heterocycles. The quantitative estimate of drug-likeness (QED) is 0.826. The Morgan fingerprint density at radius 1 is 1.14 bits per heavy atom. The van der Waals surface area contributed by atoms with Crippen LogP contribution in [-0.4, -0.2) is 31.2 Å². The highest BCUT2D eigenvalue weighted by atomic mass is 32.2. The second-order valence-electron chi connectivity index (χ2n) is 7.50. The maximum atomic E-state index is 13.4. The van der Waals surface area contributed by atoms with Crippen LogP contribution in [-0.2, 0) is 21.2 Å².